The Balaban J connectivity index is 1.34. The molecule has 0 radical (unpaired) electrons. The van der Waals surface area contributed by atoms with E-state index in [2.05, 4.69) is 10.0 Å². The zero-order valence-corrected chi connectivity index (χ0v) is 23.5. The highest BCUT2D eigenvalue weighted by atomic mass is 32.2. The Morgan fingerprint density at radius 2 is 1.85 bits per heavy atom. The number of carboxylic acids is 1. The van der Waals surface area contributed by atoms with Gasteiger partial charge in [0.25, 0.3) is 5.91 Å². The minimum atomic E-state index is -4.02. The highest BCUT2D eigenvalue weighted by Crippen LogP contribution is 2.40. The number of aliphatic carboxylic acids is 1. The molecule has 13 heteroatoms. The van der Waals surface area contributed by atoms with E-state index in [9.17, 15) is 27.9 Å². The van der Waals surface area contributed by atoms with E-state index in [-0.39, 0.29) is 40.8 Å². The lowest BCUT2D eigenvalue weighted by Crippen LogP contribution is -2.70. The van der Waals surface area contributed by atoms with Crippen LogP contribution >= 0.6 is 23.1 Å². The number of thioether (sulfide) groups is 1. The van der Waals surface area contributed by atoms with E-state index in [0.29, 0.717) is 5.39 Å². The summed E-state index contributed by atoms with van der Waals surface area (Å²) < 4.78 is 29.2. The highest BCUT2D eigenvalue weighted by molar-refractivity contribution is 8.00. The van der Waals surface area contributed by atoms with Gasteiger partial charge in [-0.25, -0.2) is 17.9 Å². The largest absolute Gasteiger partial charge is 0.477 e. The minimum Gasteiger partial charge on any atom is -0.477 e. The molecule has 0 saturated carbocycles. The topological polar surface area (TPSA) is 136 Å². The molecule has 3 N–H and O–H groups in total. The molecule has 10 nitrogen and oxygen atoms in total. The fourth-order valence-corrected chi connectivity index (χ4v) is 8.06. The molecule has 2 aliphatic heterocycles. The van der Waals surface area contributed by atoms with Crippen LogP contribution in [-0.4, -0.2) is 74.0 Å². The van der Waals surface area contributed by atoms with Crippen LogP contribution in [0, 0.1) is 0 Å². The van der Waals surface area contributed by atoms with Crippen molar-refractivity contribution in [2.24, 2.45) is 0 Å². The highest BCUT2D eigenvalue weighted by Gasteiger charge is 2.54. The maximum atomic E-state index is 13.3. The Hall–Kier alpha value is -3.39. The number of fused-ring (bicyclic) bond motifs is 2. The summed E-state index contributed by atoms with van der Waals surface area (Å²) in [4.78, 5) is 41.5. The number of rotatable bonds is 9. The summed E-state index contributed by atoms with van der Waals surface area (Å²) in [7, 11) is -0.272. The molecule has 1 saturated heterocycles. The molecule has 39 heavy (non-hydrogen) atoms. The van der Waals surface area contributed by atoms with Gasteiger partial charge in [-0.05, 0) is 29.2 Å². The van der Waals surface area contributed by atoms with Crippen molar-refractivity contribution in [1.29, 1.82) is 0 Å². The number of amides is 2. The molecule has 2 atom stereocenters. The van der Waals surface area contributed by atoms with Gasteiger partial charge in [-0.2, -0.15) is 0 Å². The first kappa shape index (κ1) is 27.2. The van der Waals surface area contributed by atoms with Crippen molar-refractivity contribution in [2.75, 3.05) is 31.3 Å². The maximum Gasteiger partial charge on any atom is 0.352 e. The Morgan fingerprint density at radius 3 is 2.54 bits per heavy atom. The third-order valence-electron chi connectivity index (χ3n) is 6.59. The molecule has 204 valence electrons. The standard InChI is InChI=1S/C26H26N4O6S3/c1-29(2)19-9-3-8-18-17(19)7-4-10-20(18)39(35,36)27-13-15-14-38-25-22(24(32)30(25)23(15)26(33)34)28-21(31)12-16-6-5-11-37-16/h3-11,22,25,27H,12-14H2,1-2H3,(H,28,31)(H,33,34)/t22-,25-/m1/s1. The number of carbonyl (C=O) groups is 3. The van der Waals surface area contributed by atoms with Crippen LogP contribution < -0.4 is 14.9 Å². The number of β-lactam (4-membered cyclic amide) rings is 1. The fourth-order valence-electron chi connectivity index (χ4n) is 4.76. The smallest absolute Gasteiger partial charge is 0.352 e. The van der Waals surface area contributed by atoms with E-state index in [1.807, 2.05) is 48.6 Å². The SMILES string of the molecule is CN(C)c1cccc2c(S(=O)(=O)NCC3=C(C(=O)O)N4C(=O)[C@@H](NC(=O)Cc5cccs5)[C@H]4SC3)cccc12. The predicted molar refractivity (Wildman–Crippen MR) is 151 cm³/mol. The molecule has 2 amide bonds. The predicted octanol–water partition coefficient (Wildman–Crippen LogP) is 2.23. The first-order valence-electron chi connectivity index (χ1n) is 12.0. The molecule has 0 bridgehead atoms. The van der Waals surface area contributed by atoms with Crippen LogP contribution in [0.2, 0.25) is 0 Å². The quantitative estimate of drug-likeness (QED) is 0.325. The summed E-state index contributed by atoms with van der Waals surface area (Å²) >= 11 is 2.73. The van der Waals surface area contributed by atoms with Gasteiger partial charge in [-0.1, -0.05) is 30.3 Å². The van der Waals surface area contributed by atoms with Crippen LogP contribution in [0.5, 0.6) is 0 Å². The molecule has 1 fully saturated rings. The van der Waals surface area contributed by atoms with Crippen molar-refractivity contribution < 1.29 is 27.9 Å². The van der Waals surface area contributed by atoms with E-state index in [1.54, 1.807) is 18.2 Å². The number of benzene rings is 2. The Kier molecular flexibility index (Phi) is 7.42. The summed E-state index contributed by atoms with van der Waals surface area (Å²) in [5, 5.41) is 15.2. The number of carboxylic acid groups (broad SMARTS) is 1. The van der Waals surface area contributed by atoms with Gasteiger partial charge >= 0.3 is 5.97 Å². The normalized spacial score (nSPS) is 19.0. The summed E-state index contributed by atoms with van der Waals surface area (Å²) in [6.07, 6.45) is 0.137. The maximum absolute atomic E-state index is 13.3. The van der Waals surface area contributed by atoms with Gasteiger partial charge in [0, 0.05) is 47.7 Å². The number of nitrogens with one attached hydrogen (secondary N) is 2. The van der Waals surface area contributed by atoms with Crippen molar-refractivity contribution in [3.05, 3.63) is 70.1 Å². The van der Waals surface area contributed by atoms with E-state index in [0.717, 1.165) is 20.9 Å². The second kappa shape index (κ2) is 10.6. The monoisotopic (exact) mass is 586 g/mol. The molecule has 2 aliphatic rings. The minimum absolute atomic E-state index is 0.0797. The fraction of sp³-hybridized carbons (Fsp3) is 0.269. The lowest BCUT2D eigenvalue weighted by molar-refractivity contribution is -0.150. The van der Waals surface area contributed by atoms with Crippen molar-refractivity contribution in [1.82, 2.24) is 14.9 Å². The van der Waals surface area contributed by atoms with Crippen LogP contribution in [0.4, 0.5) is 5.69 Å². The van der Waals surface area contributed by atoms with E-state index < -0.39 is 33.3 Å². The Bertz CT molecular complexity index is 1600. The number of hydrogen-bond acceptors (Lipinski definition) is 8. The summed E-state index contributed by atoms with van der Waals surface area (Å²) in [5.41, 5.74) is 0.893. The third-order valence-corrected chi connectivity index (χ3v) is 10.3. The van der Waals surface area contributed by atoms with Gasteiger partial charge in [0.05, 0.1) is 11.3 Å². The third kappa shape index (κ3) is 5.14. The average Bonchev–Trinajstić information content (AvgIpc) is 3.42. The van der Waals surface area contributed by atoms with Gasteiger partial charge in [-0.15, -0.1) is 23.1 Å². The molecule has 1 aromatic heterocycles. The molecule has 2 aromatic carbocycles. The van der Waals surface area contributed by atoms with Crippen molar-refractivity contribution in [3.8, 4) is 0 Å². The van der Waals surface area contributed by atoms with Gasteiger partial charge in [-0.3, -0.25) is 14.5 Å². The van der Waals surface area contributed by atoms with Crippen molar-refractivity contribution in [2.45, 2.75) is 22.7 Å². The molecule has 3 aromatic rings. The number of anilines is 1. The zero-order chi connectivity index (χ0) is 27.9. The molecule has 0 unspecified atom stereocenters. The summed E-state index contributed by atoms with van der Waals surface area (Å²) in [5.74, 6) is -1.99. The lowest BCUT2D eigenvalue weighted by atomic mass is 10.0. The number of thiophene rings is 1. The van der Waals surface area contributed by atoms with Gasteiger partial charge in [0.1, 0.15) is 17.1 Å². The number of hydrogen-bond donors (Lipinski definition) is 3. The molecular weight excluding hydrogens is 561 g/mol. The van der Waals surface area contributed by atoms with E-state index in [4.69, 9.17) is 0 Å². The van der Waals surface area contributed by atoms with Crippen LogP contribution in [0.15, 0.2) is 70.1 Å². The number of sulfonamides is 1. The second-order valence-corrected chi connectivity index (χ2v) is 13.2. The molecule has 3 heterocycles. The molecular formula is C26H26N4O6S3. The van der Waals surface area contributed by atoms with Crippen LogP contribution in [0.25, 0.3) is 10.8 Å². The number of carbonyl (C=O) groups excluding carboxylic acids is 2. The Morgan fingerprint density at radius 1 is 1.10 bits per heavy atom. The molecule has 5 rings (SSSR count). The Labute approximate surface area is 233 Å². The zero-order valence-electron chi connectivity index (χ0n) is 21.1. The van der Waals surface area contributed by atoms with Crippen molar-refractivity contribution >= 4 is 67.4 Å². The summed E-state index contributed by atoms with van der Waals surface area (Å²) in [6.45, 7) is -0.271. The molecule has 0 aliphatic carbocycles. The van der Waals surface area contributed by atoms with E-state index in [1.165, 1.54) is 29.2 Å². The van der Waals surface area contributed by atoms with Crippen LogP contribution in [0.1, 0.15) is 4.88 Å². The van der Waals surface area contributed by atoms with Gasteiger partial charge in [0.15, 0.2) is 0 Å². The van der Waals surface area contributed by atoms with Crippen LogP contribution in [0.3, 0.4) is 0 Å². The van der Waals surface area contributed by atoms with E-state index >= 15 is 0 Å². The van der Waals surface area contributed by atoms with Crippen molar-refractivity contribution in [3.63, 3.8) is 0 Å². The lowest BCUT2D eigenvalue weighted by Gasteiger charge is -2.49. The number of nitrogens with zero attached hydrogens (tertiary/aromatic N) is 2. The first-order valence-corrected chi connectivity index (χ1v) is 15.4. The summed E-state index contributed by atoms with van der Waals surface area (Å²) in [6, 6.07) is 13.2. The molecule has 0 spiro atoms. The second-order valence-electron chi connectivity index (χ2n) is 9.32. The van der Waals surface area contributed by atoms with Gasteiger partial charge in [0.2, 0.25) is 15.9 Å². The van der Waals surface area contributed by atoms with Gasteiger partial charge < -0.3 is 15.3 Å². The first-order chi connectivity index (χ1) is 18.6. The van der Waals surface area contributed by atoms with Crippen LogP contribution in [-0.2, 0) is 30.8 Å². The average molecular weight is 587 g/mol.